The molecule has 10 nitrogen and oxygen atoms in total. The fourth-order valence-corrected chi connectivity index (χ4v) is 4.09. The third-order valence-electron chi connectivity index (χ3n) is 4.63. The summed E-state index contributed by atoms with van der Waals surface area (Å²) in [4.78, 5) is 16.5. The molecule has 0 aliphatic rings. The van der Waals surface area contributed by atoms with E-state index in [1.54, 1.807) is 43.3 Å². The summed E-state index contributed by atoms with van der Waals surface area (Å²) >= 11 is 6.45. The number of nitriles is 1. The Hall–Kier alpha value is -4.27. The molecule has 12 heteroatoms. The molecular weight excluding hydrogens is 492 g/mol. The summed E-state index contributed by atoms with van der Waals surface area (Å²) in [5.74, 6) is 0.317. The number of rotatable bonds is 7. The number of anilines is 1. The van der Waals surface area contributed by atoms with Gasteiger partial charge in [-0.05, 0) is 42.8 Å². The highest BCUT2D eigenvalue weighted by molar-refractivity contribution is 7.92. The predicted octanol–water partition coefficient (Wildman–Crippen LogP) is 4.37. The minimum Gasteiger partial charge on any atom is -0.493 e. The van der Waals surface area contributed by atoms with Crippen molar-refractivity contribution in [2.24, 2.45) is 0 Å². The first-order chi connectivity index (χ1) is 16.8. The molecule has 0 fully saturated rings. The quantitative estimate of drug-likeness (QED) is 0.360. The topological polar surface area (TPSA) is 140 Å². The van der Waals surface area contributed by atoms with Crippen molar-refractivity contribution in [3.05, 3.63) is 77.3 Å². The van der Waals surface area contributed by atoms with Crippen LogP contribution in [0.25, 0.3) is 11.4 Å². The van der Waals surface area contributed by atoms with Crippen molar-refractivity contribution in [1.29, 1.82) is 5.26 Å². The fraction of sp³-hybridized carbons (Fsp3) is 0.0870. The average Bonchev–Trinajstić information content (AvgIpc) is 2.86. The molecule has 0 bridgehead atoms. The van der Waals surface area contributed by atoms with Crippen LogP contribution in [0.4, 0.5) is 5.82 Å². The molecular formula is C23H17ClN6O4S. The number of pyridine rings is 2. The van der Waals surface area contributed by atoms with Gasteiger partial charge in [0.2, 0.25) is 5.75 Å². The lowest BCUT2D eigenvalue weighted by atomic mass is 10.2. The zero-order valence-electron chi connectivity index (χ0n) is 18.4. The monoisotopic (exact) mass is 508 g/mol. The zero-order chi connectivity index (χ0) is 25.0. The molecule has 3 heterocycles. The van der Waals surface area contributed by atoms with Gasteiger partial charge in [0.15, 0.2) is 33.3 Å². The molecule has 0 radical (unpaired) electrons. The number of sulfonamides is 1. The number of aryl methyl sites for hydroxylation is 1. The summed E-state index contributed by atoms with van der Waals surface area (Å²) in [6.45, 7) is 1.79. The van der Waals surface area contributed by atoms with Crippen molar-refractivity contribution in [3.63, 3.8) is 0 Å². The van der Waals surface area contributed by atoms with Crippen LogP contribution in [0.5, 0.6) is 17.2 Å². The molecule has 0 unspecified atom stereocenters. The molecule has 1 N–H and O–H groups in total. The van der Waals surface area contributed by atoms with Crippen LogP contribution in [0, 0.1) is 18.3 Å². The van der Waals surface area contributed by atoms with Crippen LogP contribution in [0.15, 0.2) is 66.0 Å². The average molecular weight is 509 g/mol. The molecule has 0 saturated heterocycles. The van der Waals surface area contributed by atoms with Gasteiger partial charge in [0.1, 0.15) is 11.8 Å². The maximum Gasteiger partial charge on any atom is 0.280 e. The first-order valence-corrected chi connectivity index (χ1v) is 11.9. The van der Waals surface area contributed by atoms with Crippen molar-refractivity contribution in [3.8, 4) is 34.7 Å². The van der Waals surface area contributed by atoms with E-state index < -0.39 is 10.0 Å². The number of benzene rings is 1. The molecule has 1 aromatic carbocycles. The molecule has 0 saturated carbocycles. The van der Waals surface area contributed by atoms with E-state index in [2.05, 4.69) is 24.7 Å². The van der Waals surface area contributed by atoms with Crippen LogP contribution in [0.3, 0.4) is 0 Å². The molecule has 0 aliphatic heterocycles. The molecule has 4 aromatic rings. The summed E-state index contributed by atoms with van der Waals surface area (Å²) in [6, 6.07) is 14.7. The first kappa shape index (κ1) is 23.9. The minimum absolute atomic E-state index is 0.0517. The first-order valence-electron chi connectivity index (χ1n) is 10.0. The van der Waals surface area contributed by atoms with Crippen LogP contribution in [0.1, 0.15) is 11.3 Å². The number of hydrogen-bond donors (Lipinski definition) is 1. The van der Waals surface area contributed by atoms with E-state index in [1.165, 1.54) is 31.6 Å². The normalized spacial score (nSPS) is 10.9. The van der Waals surface area contributed by atoms with E-state index >= 15 is 0 Å². The largest absolute Gasteiger partial charge is 0.493 e. The Bertz CT molecular complexity index is 1540. The van der Waals surface area contributed by atoms with Gasteiger partial charge in [-0.25, -0.2) is 19.9 Å². The maximum absolute atomic E-state index is 13.1. The smallest absolute Gasteiger partial charge is 0.280 e. The van der Waals surface area contributed by atoms with Crippen LogP contribution in [-0.2, 0) is 10.0 Å². The van der Waals surface area contributed by atoms with Gasteiger partial charge >= 0.3 is 0 Å². The molecule has 3 aromatic heterocycles. The molecule has 4 rings (SSSR count). The Morgan fingerprint density at radius 3 is 2.51 bits per heavy atom. The highest BCUT2D eigenvalue weighted by Gasteiger charge is 2.24. The number of halogens is 1. The summed E-state index contributed by atoms with van der Waals surface area (Å²) in [7, 11) is -2.71. The lowest BCUT2D eigenvalue weighted by Crippen LogP contribution is -2.17. The maximum atomic E-state index is 13.1. The van der Waals surface area contributed by atoms with E-state index in [0.717, 1.165) is 5.56 Å². The molecule has 35 heavy (non-hydrogen) atoms. The molecule has 0 amide bonds. The summed E-state index contributed by atoms with van der Waals surface area (Å²) in [5, 5.41) is 8.77. The van der Waals surface area contributed by atoms with Crippen molar-refractivity contribution < 1.29 is 17.9 Å². The minimum atomic E-state index is -4.18. The molecule has 0 atom stereocenters. The lowest BCUT2D eigenvalue weighted by molar-refractivity contribution is 0.378. The van der Waals surface area contributed by atoms with Gasteiger partial charge in [0.05, 0.1) is 7.11 Å². The number of nitrogens with zero attached hydrogens (tertiary/aromatic N) is 5. The second kappa shape index (κ2) is 9.92. The van der Waals surface area contributed by atoms with Crippen LogP contribution < -0.4 is 14.2 Å². The van der Waals surface area contributed by atoms with Crippen molar-refractivity contribution in [1.82, 2.24) is 19.9 Å². The number of para-hydroxylation sites is 2. The second-order valence-corrected chi connectivity index (χ2v) is 9.08. The third kappa shape index (κ3) is 5.29. The Labute approximate surface area is 206 Å². The van der Waals surface area contributed by atoms with Gasteiger partial charge in [-0.1, -0.05) is 29.8 Å². The Morgan fingerprint density at radius 1 is 1.06 bits per heavy atom. The highest BCUT2D eigenvalue weighted by Crippen LogP contribution is 2.40. The standard InChI is InChI=1S/C23H17ClN6O4S/c1-14-7-8-19(27-13-14)35(31,32)30-23-20(34-18-6-4-3-5-17(18)33-2)21(24)28-22(29-23)15-9-10-26-16(11-15)12-25/h3-11,13H,1-2H3,(H,28,29,30). The Balaban J connectivity index is 1.85. The Morgan fingerprint density at radius 2 is 1.83 bits per heavy atom. The van der Waals surface area contributed by atoms with Gasteiger partial charge in [-0.15, -0.1) is 0 Å². The van der Waals surface area contributed by atoms with Gasteiger partial charge in [-0.2, -0.15) is 13.7 Å². The number of nitrogens with one attached hydrogen (secondary N) is 1. The SMILES string of the molecule is COc1ccccc1Oc1c(Cl)nc(-c2ccnc(C#N)c2)nc1NS(=O)(=O)c1ccc(C)cn1. The summed E-state index contributed by atoms with van der Waals surface area (Å²) in [5.41, 5.74) is 1.32. The van der Waals surface area contributed by atoms with Crippen molar-refractivity contribution >= 4 is 27.4 Å². The summed E-state index contributed by atoms with van der Waals surface area (Å²) in [6.07, 6.45) is 2.84. The van der Waals surface area contributed by atoms with Gasteiger partial charge in [0.25, 0.3) is 10.0 Å². The highest BCUT2D eigenvalue weighted by atomic mass is 35.5. The van der Waals surface area contributed by atoms with Crippen molar-refractivity contribution in [2.45, 2.75) is 11.9 Å². The number of ether oxygens (including phenoxy) is 2. The van der Waals surface area contributed by atoms with Gasteiger partial charge in [-0.3, -0.25) is 4.72 Å². The molecule has 176 valence electrons. The van der Waals surface area contributed by atoms with E-state index in [4.69, 9.17) is 26.3 Å². The number of hydrogen-bond acceptors (Lipinski definition) is 9. The zero-order valence-corrected chi connectivity index (χ0v) is 20.0. The fourth-order valence-electron chi connectivity index (χ4n) is 2.95. The number of methoxy groups -OCH3 is 1. The van der Waals surface area contributed by atoms with Gasteiger partial charge < -0.3 is 9.47 Å². The van der Waals surface area contributed by atoms with Crippen LogP contribution in [0.2, 0.25) is 5.15 Å². The van der Waals surface area contributed by atoms with E-state index in [1.807, 2.05) is 6.07 Å². The Kier molecular flexibility index (Phi) is 6.77. The third-order valence-corrected chi connectivity index (χ3v) is 6.14. The van der Waals surface area contributed by atoms with Crippen LogP contribution in [-0.4, -0.2) is 35.5 Å². The summed E-state index contributed by atoms with van der Waals surface area (Å²) < 4.78 is 39.8. The number of aromatic nitrogens is 4. The van der Waals surface area contributed by atoms with Crippen LogP contribution >= 0.6 is 11.6 Å². The van der Waals surface area contributed by atoms with E-state index in [-0.39, 0.29) is 39.0 Å². The van der Waals surface area contributed by atoms with E-state index in [9.17, 15) is 8.42 Å². The van der Waals surface area contributed by atoms with E-state index in [0.29, 0.717) is 11.3 Å². The lowest BCUT2D eigenvalue weighted by Gasteiger charge is -2.16. The van der Waals surface area contributed by atoms with Gasteiger partial charge in [0, 0.05) is 18.0 Å². The second-order valence-electron chi connectivity index (χ2n) is 7.09. The van der Waals surface area contributed by atoms with Crippen molar-refractivity contribution in [2.75, 3.05) is 11.8 Å². The molecule has 0 spiro atoms. The molecule has 0 aliphatic carbocycles. The predicted molar refractivity (Wildman–Crippen MR) is 128 cm³/mol.